The molecule has 0 aliphatic carbocycles. The molecular weight excluding hydrogens is 254 g/mol. The molecule has 0 fully saturated rings. The first-order valence-corrected chi connectivity index (χ1v) is 6.38. The van der Waals surface area contributed by atoms with Crippen LogP contribution in [0.3, 0.4) is 0 Å². The molecule has 0 saturated heterocycles. The van der Waals surface area contributed by atoms with Crippen molar-refractivity contribution in [3.63, 3.8) is 0 Å². The Balaban J connectivity index is 2.41. The van der Waals surface area contributed by atoms with Gasteiger partial charge in [0.05, 0.1) is 6.20 Å². The summed E-state index contributed by atoms with van der Waals surface area (Å²) >= 11 is 0. The summed E-state index contributed by atoms with van der Waals surface area (Å²) in [6.07, 6.45) is 4.00. The molecule has 1 N–H and O–H groups in total. The Morgan fingerprint density at radius 1 is 1.44 bits per heavy atom. The fraction of sp³-hybridized carbons (Fsp3) is 0.100. The number of nitrogens with zero attached hydrogens (tertiary/aromatic N) is 4. The van der Waals surface area contributed by atoms with E-state index in [0.717, 1.165) is 0 Å². The molecule has 0 aromatic carbocycles. The predicted octanol–water partition coefficient (Wildman–Crippen LogP) is 0.488. The van der Waals surface area contributed by atoms with Gasteiger partial charge in [-0.25, -0.2) is 8.42 Å². The maximum absolute atomic E-state index is 12.0. The van der Waals surface area contributed by atoms with Crippen molar-refractivity contribution in [2.24, 2.45) is 7.05 Å². The smallest absolute Gasteiger partial charge is 0.263 e. The Labute approximate surface area is 104 Å². The summed E-state index contributed by atoms with van der Waals surface area (Å²) in [5.41, 5.74) is 0.157. The van der Waals surface area contributed by atoms with Crippen LogP contribution < -0.4 is 4.72 Å². The highest BCUT2D eigenvalue weighted by molar-refractivity contribution is 7.92. The van der Waals surface area contributed by atoms with E-state index in [0.29, 0.717) is 0 Å². The Morgan fingerprint density at radius 3 is 2.83 bits per heavy atom. The largest absolute Gasteiger partial charge is 0.264 e. The Hall–Kier alpha value is -2.40. The summed E-state index contributed by atoms with van der Waals surface area (Å²) in [5.74, 6) is 0.126. The summed E-state index contributed by atoms with van der Waals surface area (Å²) in [5, 5.41) is 12.7. The van der Waals surface area contributed by atoms with Crippen LogP contribution in [0.5, 0.6) is 0 Å². The molecule has 92 valence electrons. The van der Waals surface area contributed by atoms with E-state index in [9.17, 15) is 8.42 Å². The zero-order chi connectivity index (χ0) is 13.2. The van der Waals surface area contributed by atoms with E-state index >= 15 is 0 Å². The van der Waals surface area contributed by atoms with Crippen molar-refractivity contribution in [3.8, 4) is 6.07 Å². The highest BCUT2D eigenvalue weighted by atomic mass is 32.2. The van der Waals surface area contributed by atoms with Crippen LogP contribution in [0.1, 0.15) is 5.56 Å². The minimum atomic E-state index is -3.76. The molecule has 0 aliphatic rings. The van der Waals surface area contributed by atoms with E-state index in [1.807, 2.05) is 6.07 Å². The van der Waals surface area contributed by atoms with Crippen molar-refractivity contribution in [3.05, 3.63) is 36.3 Å². The van der Waals surface area contributed by atoms with Crippen LogP contribution in [-0.2, 0) is 17.1 Å². The van der Waals surface area contributed by atoms with Crippen LogP contribution in [0.2, 0.25) is 0 Å². The number of pyridine rings is 1. The number of sulfonamides is 1. The van der Waals surface area contributed by atoms with E-state index in [-0.39, 0.29) is 16.3 Å². The molecule has 2 aromatic heterocycles. The number of nitrogens with one attached hydrogen (secondary N) is 1. The van der Waals surface area contributed by atoms with Gasteiger partial charge in [0.1, 0.15) is 16.5 Å². The number of aromatic nitrogens is 3. The SMILES string of the molecule is Cn1ncc(C#N)c1NS(=O)(=O)c1cccnc1. The molecule has 0 unspecified atom stereocenters. The van der Waals surface area contributed by atoms with Gasteiger partial charge in [0.2, 0.25) is 0 Å². The van der Waals surface area contributed by atoms with Crippen LogP contribution in [-0.4, -0.2) is 23.2 Å². The molecule has 0 radical (unpaired) electrons. The molecule has 0 atom stereocenters. The molecule has 18 heavy (non-hydrogen) atoms. The monoisotopic (exact) mass is 263 g/mol. The molecular formula is C10H9N5O2S. The van der Waals surface area contributed by atoms with E-state index in [1.165, 1.54) is 35.4 Å². The van der Waals surface area contributed by atoms with Crippen LogP contribution in [0.15, 0.2) is 35.6 Å². The average molecular weight is 263 g/mol. The van der Waals surface area contributed by atoms with Crippen molar-refractivity contribution >= 4 is 15.8 Å². The van der Waals surface area contributed by atoms with Crippen molar-refractivity contribution in [2.45, 2.75) is 4.90 Å². The Bertz CT molecular complexity index is 700. The van der Waals surface area contributed by atoms with E-state index in [1.54, 1.807) is 7.05 Å². The van der Waals surface area contributed by atoms with Gasteiger partial charge in [0, 0.05) is 19.4 Å². The van der Waals surface area contributed by atoms with Gasteiger partial charge in [-0.3, -0.25) is 14.4 Å². The molecule has 0 saturated carbocycles. The number of hydrogen-bond acceptors (Lipinski definition) is 5. The summed E-state index contributed by atoms with van der Waals surface area (Å²) in [6, 6.07) is 4.80. The molecule has 2 heterocycles. The average Bonchev–Trinajstić information content (AvgIpc) is 2.71. The van der Waals surface area contributed by atoms with Gasteiger partial charge in [-0.05, 0) is 12.1 Å². The highest BCUT2D eigenvalue weighted by Gasteiger charge is 2.18. The Morgan fingerprint density at radius 2 is 2.22 bits per heavy atom. The standard InChI is InChI=1S/C10H9N5O2S/c1-15-10(8(5-11)6-13-15)14-18(16,17)9-3-2-4-12-7-9/h2-4,6-7,14H,1H3. The number of nitriles is 1. The quantitative estimate of drug-likeness (QED) is 0.868. The minimum Gasteiger partial charge on any atom is -0.263 e. The molecule has 2 rings (SSSR count). The van der Waals surface area contributed by atoms with Crippen molar-refractivity contribution < 1.29 is 8.42 Å². The van der Waals surface area contributed by atoms with Crippen molar-refractivity contribution in [2.75, 3.05) is 4.72 Å². The molecule has 7 nitrogen and oxygen atoms in total. The van der Waals surface area contributed by atoms with Crippen molar-refractivity contribution in [1.29, 1.82) is 5.26 Å². The van der Waals surface area contributed by atoms with Gasteiger partial charge in [0.25, 0.3) is 10.0 Å². The van der Waals surface area contributed by atoms with Gasteiger partial charge in [-0.2, -0.15) is 10.4 Å². The maximum atomic E-state index is 12.0. The Kier molecular flexibility index (Phi) is 2.99. The van der Waals surface area contributed by atoms with E-state index < -0.39 is 10.0 Å². The molecule has 2 aromatic rings. The third-order valence-corrected chi connectivity index (χ3v) is 3.56. The first kappa shape index (κ1) is 12.1. The lowest BCUT2D eigenvalue weighted by Crippen LogP contribution is -2.16. The van der Waals surface area contributed by atoms with Crippen LogP contribution in [0, 0.1) is 11.3 Å². The molecule has 8 heteroatoms. The second-order valence-corrected chi connectivity index (χ2v) is 5.12. The zero-order valence-electron chi connectivity index (χ0n) is 9.40. The fourth-order valence-electron chi connectivity index (χ4n) is 1.33. The second kappa shape index (κ2) is 4.46. The molecule has 0 amide bonds. The summed E-state index contributed by atoms with van der Waals surface area (Å²) in [6.45, 7) is 0. The van der Waals surface area contributed by atoms with Gasteiger partial charge in [-0.1, -0.05) is 0 Å². The predicted molar refractivity (Wildman–Crippen MR) is 63.0 cm³/mol. The first-order chi connectivity index (χ1) is 8.54. The maximum Gasteiger partial charge on any atom is 0.264 e. The lowest BCUT2D eigenvalue weighted by molar-refractivity contribution is 0.600. The number of rotatable bonds is 3. The van der Waals surface area contributed by atoms with Gasteiger partial charge < -0.3 is 0 Å². The first-order valence-electron chi connectivity index (χ1n) is 4.89. The molecule has 0 spiro atoms. The number of aryl methyl sites for hydroxylation is 1. The summed E-state index contributed by atoms with van der Waals surface area (Å²) in [7, 11) is -2.22. The van der Waals surface area contributed by atoms with Gasteiger partial charge in [0.15, 0.2) is 5.82 Å². The highest BCUT2D eigenvalue weighted by Crippen LogP contribution is 2.17. The normalized spacial score (nSPS) is 10.9. The third-order valence-electron chi connectivity index (χ3n) is 2.23. The fourth-order valence-corrected chi connectivity index (χ4v) is 2.40. The lowest BCUT2D eigenvalue weighted by atomic mass is 10.4. The summed E-state index contributed by atoms with van der Waals surface area (Å²) in [4.78, 5) is 3.76. The van der Waals surface area contributed by atoms with E-state index in [4.69, 9.17) is 5.26 Å². The molecule has 0 bridgehead atoms. The van der Waals surface area contributed by atoms with Crippen molar-refractivity contribution in [1.82, 2.24) is 14.8 Å². The minimum absolute atomic E-state index is 0.0232. The number of hydrogen-bond donors (Lipinski definition) is 1. The van der Waals surface area contributed by atoms with Crippen LogP contribution in [0.25, 0.3) is 0 Å². The van der Waals surface area contributed by atoms with Gasteiger partial charge in [-0.15, -0.1) is 0 Å². The number of anilines is 1. The topological polar surface area (TPSA) is 101 Å². The second-order valence-electron chi connectivity index (χ2n) is 3.44. The van der Waals surface area contributed by atoms with E-state index in [2.05, 4.69) is 14.8 Å². The zero-order valence-corrected chi connectivity index (χ0v) is 10.2. The van der Waals surface area contributed by atoms with Crippen LogP contribution in [0.4, 0.5) is 5.82 Å². The van der Waals surface area contributed by atoms with Gasteiger partial charge >= 0.3 is 0 Å². The third kappa shape index (κ3) is 2.16. The summed E-state index contributed by atoms with van der Waals surface area (Å²) < 4.78 is 27.6. The van der Waals surface area contributed by atoms with Crippen LogP contribution >= 0.6 is 0 Å². The molecule has 0 aliphatic heterocycles. The lowest BCUT2D eigenvalue weighted by Gasteiger charge is -2.07.